The maximum Gasteiger partial charge on any atom is 0.333 e. The van der Waals surface area contributed by atoms with Crippen LogP contribution in [0.1, 0.15) is 17.4 Å². The fourth-order valence-electron chi connectivity index (χ4n) is 2.52. The molecule has 0 radical (unpaired) electrons. The topological polar surface area (TPSA) is 89.2 Å². The molecule has 0 saturated carbocycles. The molecule has 1 aliphatic heterocycles. The van der Waals surface area contributed by atoms with Gasteiger partial charge in [0.05, 0.1) is 18.3 Å². The Balaban J connectivity index is 2.04. The molecule has 0 aliphatic carbocycles. The number of hydrogen-bond acceptors (Lipinski definition) is 6. The van der Waals surface area contributed by atoms with Crippen molar-refractivity contribution < 1.29 is 22.4 Å². The van der Waals surface area contributed by atoms with Crippen molar-refractivity contribution in [3.05, 3.63) is 54.0 Å². The number of carbonyl (C=O) groups excluding carboxylic acids is 1. The first kappa shape index (κ1) is 16.3. The Labute approximate surface area is 139 Å². The third-order valence-electron chi connectivity index (χ3n) is 3.79. The molecule has 1 aromatic heterocycles. The molecule has 1 aliphatic rings. The molecular formula is C16H16N2O5S. The lowest BCUT2D eigenvalue weighted by Crippen LogP contribution is -2.37. The fourth-order valence-corrected chi connectivity index (χ4v) is 3.94. The zero-order valence-corrected chi connectivity index (χ0v) is 13.9. The number of methoxy groups -OCH3 is 1. The van der Waals surface area contributed by atoms with E-state index in [0.29, 0.717) is 5.76 Å². The summed E-state index contributed by atoms with van der Waals surface area (Å²) in [6.07, 6.45) is 2.56. The summed E-state index contributed by atoms with van der Waals surface area (Å²) in [4.78, 5) is 16.1. The van der Waals surface area contributed by atoms with Crippen LogP contribution >= 0.6 is 0 Å². The van der Waals surface area contributed by atoms with Gasteiger partial charge < -0.3 is 9.15 Å². The highest BCUT2D eigenvalue weighted by molar-refractivity contribution is 7.89. The minimum Gasteiger partial charge on any atom is -0.467 e. The molecule has 2 heterocycles. The van der Waals surface area contributed by atoms with Gasteiger partial charge >= 0.3 is 5.97 Å². The second-order valence-electron chi connectivity index (χ2n) is 5.34. The van der Waals surface area contributed by atoms with Gasteiger partial charge in [-0.25, -0.2) is 17.5 Å². The highest BCUT2D eigenvalue weighted by atomic mass is 32.2. The van der Waals surface area contributed by atoms with Gasteiger partial charge in [-0.1, -0.05) is 17.7 Å². The Bertz CT molecular complexity index is 856. The molecular weight excluding hydrogens is 332 g/mol. The van der Waals surface area contributed by atoms with E-state index >= 15 is 0 Å². The first-order chi connectivity index (χ1) is 11.4. The summed E-state index contributed by atoms with van der Waals surface area (Å²) in [5.41, 5.74) is 0.944. The number of carbonyl (C=O) groups is 1. The highest BCUT2D eigenvalue weighted by Gasteiger charge is 2.45. The maximum absolute atomic E-state index is 12.9. The standard InChI is InChI=1S/C16H16N2O5S/c1-11-5-7-12(8-6-11)24(20,21)18-10-17-14(16(19)22-2)15(18)13-4-3-9-23-13/h3-10,14-15H,1-2H3/t14-,15+/m0/s1. The van der Waals surface area contributed by atoms with Gasteiger partial charge in [-0.05, 0) is 31.2 Å². The van der Waals surface area contributed by atoms with Gasteiger partial charge in [0.1, 0.15) is 18.1 Å². The van der Waals surface area contributed by atoms with Crippen molar-refractivity contribution in [2.24, 2.45) is 4.99 Å². The Hall–Kier alpha value is -2.61. The average molecular weight is 348 g/mol. The maximum atomic E-state index is 12.9. The zero-order valence-electron chi connectivity index (χ0n) is 13.1. The monoisotopic (exact) mass is 348 g/mol. The first-order valence-corrected chi connectivity index (χ1v) is 8.64. The van der Waals surface area contributed by atoms with Gasteiger partial charge in [0, 0.05) is 0 Å². The number of hydrogen-bond donors (Lipinski definition) is 0. The van der Waals surface area contributed by atoms with Gasteiger partial charge in [-0.2, -0.15) is 0 Å². The van der Waals surface area contributed by atoms with Gasteiger partial charge in [0.2, 0.25) is 0 Å². The summed E-state index contributed by atoms with van der Waals surface area (Å²) in [6.45, 7) is 1.87. The predicted molar refractivity (Wildman–Crippen MR) is 85.9 cm³/mol. The van der Waals surface area contributed by atoms with Gasteiger partial charge in [-0.3, -0.25) is 4.99 Å². The van der Waals surface area contributed by atoms with Crippen molar-refractivity contribution >= 4 is 22.3 Å². The van der Waals surface area contributed by atoms with Crippen molar-refractivity contribution in [2.75, 3.05) is 7.11 Å². The van der Waals surface area contributed by atoms with Gasteiger partial charge in [-0.15, -0.1) is 0 Å². The van der Waals surface area contributed by atoms with Crippen LogP contribution in [0.15, 0.2) is 57.0 Å². The number of sulfonamides is 1. The van der Waals surface area contributed by atoms with Crippen molar-refractivity contribution in [1.29, 1.82) is 0 Å². The minimum atomic E-state index is -3.89. The SMILES string of the molecule is COC(=O)[C@H]1N=CN(S(=O)(=O)c2ccc(C)cc2)[C@@H]1c1ccco1. The third kappa shape index (κ3) is 2.69. The van der Waals surface area contributed by atoms with Crippen molar-refractivity contribution in [2.45, 2.75) is 23.9 Å². The van der Waals surface area contributed by atoms with E-state index in [0.717, 1.165) is 16.2 Å². The summed E-state index contributed by atoms with van der Waals surface area (Å²) in [5, 5.41) is 0. The van der Waals surface area contributed by atoms with E-state index in [-0.39, 0.29) is 4.90 Å². The Morgan fingerprint density at radius 1 is 1.25 bits per heavy atom. The van der Waals surface area contributed by atoms with Crippen LogP contribution in [0.3, 0.4) is 0 Å². The third-order valence-corrected chi connectivity index (χ3v) is 5.53. The summed E-state index contributed by atoms with van der Waals surface area (Å²) < 4.78 is 37.0. The van der Waals surface area contributed by atoms with Crippen LogP contribution in [-0.2, 0) is 19.6 Å². The Morgan fingerprint density at radius 2 is 1.96 bits per heavy atom. The molecule has 0 amide bonds. The molecule has 1 aromatic carbocycles. The van der Waals surface area contributed by atoms with E-state index in [2.05, 4.69) is 4.99 Å². The largest absolute Gasteiger partial charge is 0.467 e. The Kier molecular flexibility index (Phi) is 4.15. The number of aliphatic imine (C=N–C) groups is 1. The van der Waals surface area contributed by atoms with E-state index in [9.17, 15) is 13.2 Å². The quantitative estimate of drug-likeness (QED) is 0.787. The lowest BCUT2D eigenvalue weighted by Gasteiger charge is -2.24. The van der Waals surface area contributed by atoms with Crippen LogP contribution in [0.25, 0.3) is 0 Å². The molecule has 126 valence electrons. The lowest BCUT2D eigenvalue weighted by molar-refractivity contribution is -0.142. The second kappa shape index (κ2) is 6.12. The van der Waals surface area contributed by atoms with Gasteiger partial charge in [0.25, 0.3) is 10.0 Å². The number of ether oxygens (including phenoxy) is 1. The number of furan rings is 1. The van der Waals surface area contributed by atoms with E-state index < -0.39 is 28.1 Å². The number of esters is 1. The molecule has 24 heavy (non-hydrogen) atoms. The first-order valence-electron chi connectivity index (χ1n) is 7.20. The smallest absolute Gasteiger partial charge is 0.333 e. The summed E-state index contributed by atoms with van der Waals surface area (Å²) >= 11 is 0. The molecule has 0 fully saturated rings. The molecule has 2 atom stereocenters. The molecule has 3 rings (SSSR count). The fraction of sp³-hybridized carbons (Fsp3) is 0.250. The molecule has 0 spiro atoms. The number of rotatable bonds is 4. The molecule has 2 aromatic rings. The van der Waals surface area contributed by atoms with E-state index in [4.69, 9.17) is 9.15 Å². The minimum absolute atomic E-state index is 0.113. The molecule has 0 unspecified atom stereocenters. The molecule has 8 heteroatoms. The normalized spacial score (nSPS) is 20.3. The van der Waals surface area contributed by atoms with E-state index in [1.54, 1.807) is 24.3 Å². The van der Waals surface area contributed by atoms with Gasteiger partial charge in [0.15, 0.2) is 6.04 Å². The molecule has 7 nitrogen and oxygen atoms in total. The van der Waals surface area contributed by atoms with Crippen LogP contribution in [-0.4, -0.2) is 38.2 Å². The molecule has 0 N–H and O–H groups in total. The van der Waals surface area contributed by atoms with E-state index in [1.165, 1.54) is 25.5 Å². The zero-order chi connectivity index (χ0) is 17.3. The summed E-state index contributed by atoms with van der Waals surface area (Å²) in [6, 6.07) is 7.75. The van der Waals surface area contributed by atoms with Crippen LogP contribution < -0.4 is 0 Å². The molecule has 0 bridgehead atoms. The van der Waals surface area contributed by atoms with Crippen LogP contribution in [0.5, 0.6) is 0 Å². The number of benzene rings is 1. The van der Waals surface area contributed by atoms with Crippen molar-refractivity contribution in [3.63, 3.8) is 0 Å². The van der Waals surface area contributed by atoms with Crippen molar-refractivity contribution in [3.8, 4) is 0 Å². The highest BCUT2D eigenvalue weighted by Crippen LogP contribution is 2.35. The average Bonchev–Trinajstić information content (AvgIpc) is 3.23. The van der Waals surface area contributed by atoms with Crippen LogP contribution in [0.2, 0.25) is 0 Å². The van der Waals surface area contributed by atoms with Crippen molar-refractivity contribution in [1.82, 2.24) is 4.31 Å². The Morgan fingerprint density at radius 3 is 2.54 bits per heavy atom. The lowest BCUT2D eigenvalue weighted by atomic mass is 10.1. The molecule has 0 saturated heterocycles. The number of nitrogens with zero attached hydrogens (tertiary/aromatic N) is 2. The predicted octanol–water partition coefficient (Wildman–Crippen LogP) is 1.90. The number of aryl methyl sites for hydroxylation is 1. The second-order valence-corrected chi connectivity index (χ2v) is 7.18. The van der Waals surface area contributed by atoms with E-state index in [1.807, 2.05) is 6.92 Å². The summed E-state index contributed by atoms with van der Waals surface area (Å²) in [7, 11) is -2.66. The van der Waals surface area contributed by atoms with Crippen LogP contribution in [0, 0.1) is 6.92 Å². The van der Waals surface area contributed by atoms with Crippen LogP contribution in [0.4, 0.5) is 0 Å². The summed E-state index contributed by atoms with van der Waals surface area (Å²) in [5.74, 6) is -0.312.